The summed E-state index contributed by atoms with van der Waals surface area (Å²) in [7, 11) is 0. The Hall–Kier alpha value is -3.15. The minimum Gasteiger partial charge on any atom is -0.508 e. The molecule has 6 nitrogen and oxygen atoms in total. The lowest BCUT2D eigenvalue weighted by Crippen LogP contribution is -2.41. The lowest BCUT2D eigenvalue weighted by Gasteiger charge is -2.32. The molecule has 1 aromatic heterocycles. The molecule has 4 rings (SSSR count). The monoisotopic (exact) mass is 380 g/mol. The fourth-order valence-electron chi connectivity index (χ4n) is 3.58. The van der Waals surface area contributed by atoms with Crippen LogP contribution < -0.4 is 9.47 Å². The molecule has 0 atom stereocenters. The van der Waals surface area contributed by atoms with Crippen LogP contribution in [0.25, 0.3) is 10.9 Å². The van der Waals surface area contributed by atoms with Gasteiger partial charge in [-0.15, -0.1) is 0 Å². The number of aromatic nitrogens is 1. The number of para-hydroxylation sites is 2. The molecule has 3 aromatic rings. The Bertz CT molecular complexity index is 974. The second kappa shape index (κ2) is 7.84. The lowest BCUT2D eigenvalue weighted by atomic mass is 10.1. The van der Waals surface area contributed by atoms with Gasteiger partial charge in [0, 0.05) is 42.9 Å². The molecule has 0 aliphatic carbocycles. The number of H-pyrrole nitrogens is 1. The van der Waals surface area contributed by atoms with Crippen molar-refractivity contribution in [3.63, 3.8) is 0 Å². The molecule has 1 saturated heterocycles. The van der Waals surface area contributed by atoms with Gasteiger partial charge in [0.2, 0.25) is 0 Å². The Balaban J connectivity index is 1.39. The summed E-state index contributed by atoms with van der Waals surface area (Å²) in [6.07, 6.45) is 1.60. The smallest absolute Gasteiger partial charge is 0.270 e. The second-order valence-corrected chi connectivity index (χ2v) is 6.94. The minimum atomic E-state index is -0.0242. The third-order valence-corrected chi connectivity index (χ3v) is 5.01. The molecule has 0 spiro atoms. The Morgan fingerprint density at radius 2 is 1.89 bits per heavy atom. The molecule has 2 N–H and O–H groups in total. The van der Waals surface area contributed by atoms with Gasteiger partial charge in [0.15, 0.2) is 11.5 Å². The van der Waals surface area contributed by atoms with Crippen molar-refractivity contribution in [3.05, 3.63) is 54.2 Å². The predicted octanol–water partition coefficient (Wildman–Crippen LogP) is 3.96. The summed E-state index contributed by atoms with van der Waals surface area (Å²) in [6, 6.07) is 14.6. The van der Waals surface area contributed by atoms with E-state index in [1.807, 2.05) is 42.2 Å². The number of aromatic amines is 1. The zero-order valence-electron chi connectivity index (χ0n) is 15.9. The number of benzene rings is 2. The molecule has 2 heterocycles. The average molecular weight is 380 g/mol. The van der Waals surface area contributed by atoms with E-state index in [4.69, 9.17) is 9.47 Å². The van der Waals surface area contributed by atoms with Crippen molar-refractivity contribution in [2.45, 2.75) is 25.9 Å². The second-order valence-electron chi connectivity index (χ2n) is 6.94. The molecule has 6 heteroatoms. The number of likely N-dealkylation sites (tertiary alicyclic amines) is 1. The molecule has 0 radical (unpaired) electrons. The molecule has 1 amide bonds. The van der Waals surface area contributed by atoms with Crippen molar-refractivity contribution in [2.24, 2.45) is 0 Å². The maximum absolute atomic E-state index is 12.8. The Kier molecular flexibility index (Phi) is 5.10. The number of nitrogens with one attached hydrogen (secondary N) is 1. The number of ether oxygens (including phenoxy) is 2. The number of hydrogen-bond donors (Lipinski definition) is 2. The van der Waals surface area contributed by atoms with Gasteiger partial charge in [0.25, 0.3) is 5.91 Å². The highest BCUT2D eigenvalue weighted by molar-refractivity contribution is 5.98. The molecule has 0 saturated carbocycles. The topological polar surface area (TPSA) is 74.8 Å². The van der Waals surface area contributed by atoms with E-state index in [0.29, 0.717) is 25.4 Å². The maximum Gasteiger partial charge on any atom is 0.270 e. The first kappa shape index (κ1) is 18.2. The standard InChI is InChI=1S/C22H24N2O4/c1-2-27-20-5-3-4-6-21(20)28-17-9-11-24(12-10-17)22(26)19-13-15-7-8-16(25)14-18(15)23-19/h3-8,13-14,17,23,25H,2,9-12H2,1H3. The quantitative estimate of drug-likeness (QED) is 0.703. The van der Waals surface area contributed by atoms with Crippen LogP contribution in [0.3, 0.4) is 0 Å². The first-order valence-electron chi connectivity index (χ1n) is 9.63. The van der Waals surface area contributed by atoms with Crippen molar-refractivity contribution in [1.82, 2.24) is 9.88 Å². The zero-order valence-corrected chi connectivity index (χ0v) is 15.9. The highest BCUT2D eigenvalue weighted by atomic mass is 16.5. The molecule has 0 bridgehead atoms. The Morgan fingerprint density at radius 3 is 2.64 bits per heavy atom. The van der Waals surface area contributed by atoms with E-state index in [1.54, 1.807) is 18.2 Å². The van der Waals surface area contributed by atoms with Crippen LogP contribution in [0.2, 0.25) is 0 Å². The molecular formula is C22H24N2O4. The Labute approximate surface area is 163 Å². The van der Waals surface area contributed by atoms with E-state index < -0.39 is 0 Å². The highest BCUT2D eigenvalue weighted by Gasteiger charge is 2.26. The van der Waals surface area contributed by atoms with Crippen LogP contribution in [0.15, 0.2) is 48.5 Å². The molecule has 146 valence electrons. The number of fused-ring (bicyclic) bond motifs is 1. The van der Waals surface area contributed by atoms with Crippen LogP contribution in [0, 0.1) is 0 Å². The summed E-state index contributed by atoms with van der Waals surface area (Å²) < 4.78 is 11.8. The summed E-state index contributed by atoms with van der Waals surface area (Å²) in [5, 5.41) is 10.5. The van der Waals surface area contributed by atoms with Crippen molar-refractivity contribution < 1.29 is 19.4 Å². The number of piperidine rings is 1. The molecule has 2 aromatic carbocycles. The van der Waals surface area contributed by atoms with Crippen LogP contribution >= 0.6 is 0 Å². The lowest BCUT2D eigenvalue weighted by molar-refractivity contribution is 0.0585. The van der Waals surface area contributed by atoms with Crippen LogP contribution in [0.4, 0.5) is 0 Å². The van der Waals surface area contributed by atoms with Gasteiger partial charge in [-0.25, -0.2) is 0 Å². The molecular weight excluding hydrogens is 356 g/mol. The maximum atomic E-state index is 12.8. The number of rotatable bonds is 5. The molecule has 28 heavy (non-hydrogen) atoms. The Morgan fingerprint density at radius 1 is 1.14 bits per heavy atom. The fourth-order valence-corrected chi connectivity index (χ4v) is 3.58. The van der Waals surface area contributed by atoms with Gasteiger partial charge in [0.05, 0.1) is 6.61 Å². The van der Waals surface area contributed by atoms with Crippen LogP contribution in [-0.2, 0) is 0 Å². The van der Waals surface area contributed by atoms with E-state index in [2.05, 4.69) is 4.98 Å². The van der Waals surface area contributed by atoms with Crippen molar-refractivity contribution in [2.75, 3.05) is 19.7 Å². The summed E-state index contributed by atoms with van der Waals surface area (Å²) in [5.74, 6) is 1.66. The van der Waals surface area contributed by atoms with Crippen LogP contribution in [-0.4, -0.2) is 46.7 Å². The zero-order chi connectivity index (χ0) is 19.5. The summed E-state index contributed by atoms with van der Waals surface area (Å²) in [5.41, 5.74) is 1.30. The summed E-state index contributed by atoms with van der Waals surface area (Å²) in [6.45, 7) is 3.82. The van der Waals surface area contributed by atoms with Crippen molar-refractivity contribution >= 4 is 16.8 Å². The van der Waals surface area contributed by atoms with Gasteiger partial charge < -0.3 is 24.5 Å². The third-order valence-electron chi connectivity index (χ3n) is 5.01. The largest absolute Gasteiger partial charge is 0.508 e. The molecule has 0 unspecified atom stereocenters. The van der Waals surface area contributed by atoms with Crippen molar-refractivity contribution in [3.8, 4) is 17.2 Å². The summed E-state index contributed by atoms with van der Waals surface area (Å²) >= 11 is 0. The first-order chi connectivity index (χ1) is 13.6. The highest BCUT2D eigenvalue weighted by Crippen LogP contribution is 2.30. The SMILES string of the molecule is CCOc1ccccc1OC1CCN(C(=O)c2cc3ccc(O)cc3[nH]2)CC1. The number of amides is 1. The first-order valence-corrected chi connectivity index (χ1v) is 9.63. The number of phenolic OH excluding ortho intramolecular Hbond substituents is 1. The van der Waals surface area contributed by atoms with E-state index in [9.17, 15) is 9.90 Å². The van der Waals surface area contributed by atoms with Crippen LogP contribution in [0.5, 0.6) is 17.2 Å². The number of carbonyl (C=O) groups is 1. The predicted molar refractivity (Wildman–Crippen MR) is 107 cm³/mol. The van der Waals surface area contributed by atoms with Crippen LogP contribution in [0.1, 0.15) is 30.3 Å². The molecule has 1 aliphatic rings. The van der Waals surface area contributed by atoms with Gasteiger partial charge in [-0.3, -0.25) is 4.79 Å². The van der Waals surface area contributed by atoms with E-state index in [-0.39, 0.29) is 17.8 Å². The molecule has 1 aliphatic heterocycles. The number of carbonyl (C=O) groups excluding carboxylic acids is 1. The minimum absolute atomic E-state index is 0.0242. The van der Waals surface area contributed by atoms with Gasteiger partial charge >= 0.3 is 0 Å². The normalized spacial score (nSPS) is 15.0. The van der Waals surface area contributed by atoms with E-state index in [1.165, 1.54) is 0 Å². The third kappa shape index (κ3) is 3.76. The van der Waals surface area contributed by atoms with Gasteiger partial charge in [-0.2, -0.15) is 0 Å². The number of phenols is 1. The van der Waals surface area contributed by atoms with E-state index >= 15 is 0 Å². The molecule has 1 fully saturated rings. The van der Waals surface area contributed by atoms with Gasteiger partial charge in [-0.1, -0.05) is 12.1 Å². The van der Waals surface area contributed by atoms with Gasteiger partial charge in [0.1, 0.15) is 17.5 Å². The number of aromatic hydroxyl groups is 1. The fraction of sp³-hybridized carbons (Fsp3) is 0.318. The number of hydrogen-bond acceptors (Lipinski definition) is 4. The van der Waals surface area contributed by atoms with Gasteiger partial charge in [-0.05, 0) is 37.3 Å². The summed E-state index contributed by atoms with van der Waals surface area (Å²) in [4.78, 5) is 17.8. The van der Waals surface area contributed by atoms with Crippen molar-refractivity contribution in [1.29, 1.82) is 0 Å². The average Bonchev–Trinajstić information content (AvgIpc) is 3.13. The number of nitrogens with zero attached hydrogens (tertiary/aromatic N) is 1. The van der Waals surface area contributed by atoms with E-state index in [0.717, 1.165) is 35.2 Å².